The van der Waals surface area contributed by atoms with Crippen LogP contribution in [-0.4, -0.2) is 44.2 Å². The third-order valence-corrected chi connectivity index (χ3v) is 5.78. The molecular weight excluding hydrogens is 224 g/mol. The molecule has 5 heteroatoms. The van der Waals surface area contributed by atoms with E-state index in [1.54, 1.807) is 18.2 Å². The summed E-state index contributed by atoms with van der Waals surface area (Å²) >= 11 is 0. The van der Waals surface area contributed by atoms with Crippen molar-refractivity contribution in [3.05, 3.63) is 0 Å². The maximum atomic E-state index is 12.0. The molecule has 1 saturated heterocycles. The summed E-state index contributed by atoms with van der Waals surface area (Å²) in [4.78, 5) is 0. The van der Waals surface area contributed by atoms with Crippen molar-refractivity contribution in [1.82, 2.24) is 9.62 Å². The van der Waals surface area contributed by atoms with Gasteiger partial charge in [-0.2, -0.15) is 0 Å². The van der Waals surface area contributed by atoms with Crippen LogP contribution in [0.15, 0.2) is 0 Å². The largest absolute Gasteiger partial charge is 0.317 e. The van der Waals surface area contributed by atoms with E-state index in [1.165, 1.54) is 0 Å². The summed E-state index contributed by atoms with van der Waals surface area (Å²) < 4.78 is 25.8. The molecule has 4 nitrogen and oxygen atoms in total. The number of sulfonamides is 1. The molecule has 0 saturated carbocycles. The van der Waals surface area contributed by atoms with Gasteiger partial charge in [0.2, 0.25) is 10.0 Å². The highest BCUT2D eigenvalue weighted by Crippen LogP contribution is 2.23. The third kappa shape index (κ3) is 2.96. The number of nitrogens with zero attached hydrogens (tertiary/aromatic N) is 1. The molecule has 0 amide bonds. The van der Waals surface area contributed by atoms with Crippen molar-refractivity contribution in [3.8, 4) is 0 Å². The van der Waals surface area contributed by atoms with Crippen molar-refractivity contribution in [2.24, 2.45) is 5.92 Å². The standard InChI is InChI=1S/C11H24N2O2S/c1-9(2)16(14,15)13-7-5-6-11(8-13)10(3)12-4/h9-12H,5-8H2,1-4H3. The molecular formula is C11H24N2O2S. The van der Waals surface area contributed by atoms with E-state index in [0.717, 1.165) is 12.8 Å². The first kappa shape index (κ1) is 13.9. The molecule has 1 aliphatic rings. The highest BCUT2D eigenvalue weighted by molar-refractivity contribution is 7.89. The van der Waals surface area contributed by atoms with Crippen LogP contribution in [0.3, 0.4) is 0 Å². The molecule has 1 heterocycles. The fourth-order valence-electron chi connectivity index (χ4n) is 2.15. The van der Waals surface area contributed by atoms with E-state index in [9.17, 15) is 8.42 Å². The van der Waals surface area contributed by atoms with Crippen LogP contribution in [0.1, 0.15) is 33.6 Å². The summed E-state index contributed by atoms with van der Waals surface area (Å²) in [6.07, 6.45) is 2.09. The van der Waals surface area contributed by atoms with Gasteiger partial charge in [0, 0.05) is 19.1 Å². The fraction of sp³-hybridized carbons (Fsp3) is 1.00. The van der Waals surface area contributed by atoms with Gasteiger partial charge in [0.05, 0.1) is 5.25 Å². The highest BCUT2D eigenvalue weighted by atomic mass is 32.2. The van der Waals surface area contributed by atoms with E-state index in [1.807, 2.05) is 7.05 Å². The molecule has 0 aliphatic carbocycles. The Morgan fingerprint density at radius 1 is 1.31 bits per heavy atom. The monoisotopic (exact) mass is 248 g/mol. The average molecular weight is 248 g/mol. The normalized spacial score (nSPS) is 25.9. The maximum absolute atomic E-state index is 12.0. The molecule has 1 fully saturated rings. The van der Waals surface area contributed by atoms with Crippen LogP contribution >= 0.6 is 0 Å². The van der Waals surface area contributed by atoms with Crippen LogP contribution in [0.4, 0.5) is 0 Å². The molecule has 16 heavy (non-hydrogen) atoms. The van der Waals surface area contributed by atoms with E-state index >= 15 is 0 Å². The van der Waals surface area contributed by atoms with Gasteiger partial charge in [-0.05, 0) is 46.6 Å². The second-order valence-corrected chi connectivity index (χ2v) is 7.42. The Morgan fingerprint density at radius 3 is 2.44 bits per heavy atom. The Bertz CT molecular complexity index is 314. The number of nitrogens with one attached hydrogen (secondary N) is 1. The summed E-state index contributed by atoms with van der Waals surface area (Å²) in [5.41, 5.74) is 0. The summed E-state index contributed by atoms with van der Waals surface area (Å²) in [6.45, 7) is 6.98. The summed E-state index contributed by atoms with van der Waals surface area (Å²) in [6, 6.07) is 0.380. The SMILES string of the molecule is CNC(C)C1CCCN(S(=O)(=O)C(C)C)C1. The molecule has 0 bridgehead atoms. The van der Waals surface area contributed by atoms with E-state index in [0.29, 0.717) is 25.0 Å². The lowest BCUT2D eigenvalue weighted by Gasteiger charge is -2.35. The minimum absolute atomic E-state index is 0.309. The summed E-state index contributed by atoms with van der Waals surface area (Å²) in [5, 5.41) is 2.91. The Balaban J connectivity index is 2.71. The first-order valence-electron chi connectivity index (χ1n) is 6.05. The molecule has 0 spiro atoms. The van der Waals surface area contributed by atoms with Crippen LogP contribution < -0.4 is 5.32 Å². The van der Waals surface area contributed by atoms with Crippen molar-refractivity contribution in [2.75, 3.05) is 20.1 Å². The topological polar surface area (TPSA) is 49.4 Å². The highest BCUT2D eigenvalue weighted by Gasteiger charge is 2.32. The smallest absolute Gasteiger partial charge is 0.216 e. The lowest BCUT2D eigenvalue weighted by atomic mass is 9.93. The molecule has 1 N–H and O–H groups in total. The summed E-state index contributed by atoms with van der Waals surface area (Å²) in [7, 11) is -1.14. The lowest BCUT2D eigenvalue weighted by Crippen LogP contribution is -2.47. The molecule has 96 valence electrons. The molecule has 2 unspecified atom stereocenters. The van der Waals surface area contributed by atoms with Gasteiger partial charge < -0.3 is 5.32 Å². The van der Waals surface area contributed by atoms with Crippen molar-refractivity contribution < 1.29 is 8.42 Å². The Labute approximate surface area is 99.5 Å². The predicted octanol–water partition coefficient (Wildman–Crippen LogP) is 1.04. The number of hydrogen-bond acceptors (Lipinski definition) is 3. The van der Waals surface area contributed by atoms with Gasteiger partial charge in [0.15, 0.2) is 0 Å². The Hall–Kier alpha value is -0.130. The molecule has 0 aromatic carbocycles. The molecule has 2 atom stereocenters. The predicted molar refractivity (Wildman–Crippen MR) is 66.9 cm³/mol. The van der Waals surface area contributed by atoms with Gasteiger partial charge in [-0.3, -0.25) is 0 Å². The summed E-state index contributed by atoms with van der Waals surface area (Å²) in [5.74, 6) is 0.437. The van der Waals surface area contributed by atoms with Gasteiger partial charge in [0.1, 0.15) is 0 Å². The number of rotatable bonds is 4. The zero-order valence-electron chi connectivity index (χ0n) is 10.7. The van der Waals surface area contributed by atoms with Gasteiger partial charge in [-0.1, -0.05) is 0 Å². The zero-order chi connectivity index (χ0) is 12.3. The van der Waals surface area contributed by atoms with E-state index in [4.69, 9.17) is 0 Å². The maximum Gasteiger partial charge on any atom is 0.216 e. The average Bonchev–Trinajstić information content (AvgIpc) is 2.28. The molecule has 0 aromatic heterocycles. The van der Waals surface area contributed by atoms with Crippen molar-refractivity contribution in [3.63, 3.8) is 0 Å². The zero-order valence-corrected chi connectivity index (χ0v) is 11.5. The third-order valence-electron chi connectivity index (χ3n) is 3.54. The van der Waals surface area contributed by atoms with Crippen molar-refractivity contribution in [1.29, 1.82) is 0 Å². The second-order valence-electron chi connectivity index (χ2n) is 4.93. The number of hydrogen-bond donors (Lipinski definition) is 1. The van der Waals surface area contributed by atoms with Crippen molar-refractivity contribution in [2.45, 2.75) is 44.9 Å². The Kier molecular flexibility index (Phi) is 4.76. The van der Waals surface area contributed by atoms with Gasteiger partial charge in [0.25, 0.3) is 0 Å². The molecule has 0 aromatic rings. The van der Waals surface area contributed by atoms with Gasteiger partial charge in [-0.25, -0.2) is 12.7 Å². The quantitative estimate of drug-likeness (QED) is 0.809. The number of piperidine rings is 1. The first-order valence-corrected chi connectivity index (χ1v) is 7.56. The van der Waals surface area contributed by atoms with Crippen LogP contribution in [0, 0.1) is 5.92 Å². The van der Waals surface area contributed by atoms with Gasteiger partial charge >= 0.3 is 0 Å². The van der Waals surface area contributed by atoms with E-state index < -0.39 is 10.0 Å². The lowest BCUT2D eigenvalue weighted by molar-refractivity contribution is 0.228. The van der Waals surface area contributed by atoms with Crippen LogP contribution in [-0.2, 0) is 10.0 Å². The first-order chi connectivity index (χ1) is 7.39. The van der Waals surface area contributed by atoms with Crippen LogP contribution in [0.5, 0.6) is 0 Å². The molecule has 1 rings (SSSR count). The molecule has 1 aliphatic heterocycles. The minimum Gasteiger partial charge on any atom is -0.317 e. The van der Waals surface area contributed by atoms with Gasteiger partial charge in [-0.15, -0.1) is 0 Å². The second kappa shape index (κ2) is 5.47. The molecule has 0 radical (unpaired) electrons. The minimum atomic E-state index is -3.07. The van der Waals surface area contributed by atoms with Crippen LogP contribution in [0.2, 0.25) is 0 Å². The van der Waals surface area contributed by atoms with E-state index in [2.05, 4.69) is 12.2 Å². The van der Waals surface area contributed by atoms with E-state index in [-0.39, 0.29) is 5.25 Å². The fourth-order valence-corrected chi connectivity index (χ4v) is 3.53. The van der Waals surface area contributed by atoms with Crippen LogP contribution in [0.25, 0.3) is 0 Å². The van der Waals surface area contributed by atoms with Crippen molar-refractivity contribution >= 4 is 10.0 Å². The Morgan fingerprint density at radius 2 is 1.94 bits per heavy atom.